The maximum atomic E-state index is 11.2. The molecule has 7 heteroatoms. The van der Waals surface area contributed by atoms with Gasteiger partial charge in [-0.1, -0.05) is 17.2 Å². The van der Waals surface area contributed by atoms with E-state index in [0.717, 1.165) is 16.8 Å². The molecule has 116 valence electrons. The van der Waals surface area contributed by atoms with Crippen LogP contribution in [0.5, 0.6) is 0 Å². The largest absolute Gasteiger partial charge is 0.469 e. The Morgan fingerprint density at radius 3 is 2.74 bits per heavy atom. The van der Waals surface area contributed by atoms with E-state index in [-0.39, 0.29) is 18.4 Å². The zero-order chi connectivity index (χ0) is 16.1. The van der Waals surface area contributed by atoms with Gasteiger partial charge in [-0.3, -0.25) is 9.78 Å². The zero-order valence-corrected chi connectivity index (χ0v) is 12.4. The van der Waals surface area contributed by atoms with Crippen LogP contribution in [0.3, 0.4) is 0 Å². The number of carbonyl (C=O) groups is 1. The molecule has 0 saturated heterocycles. The van der Waals surface area contributed by atoms with Gasteiger partial charge in [0.25, 0.3) is 5.89 Å². The standard InChI is InChI=1S/C16H14N4O3/c1-22-14(21)9-11-4-6-13(7-5-11)18-16-20-19-15(23-16)12-3-2-8-17-10-12/h2-8,10H,9H2,1H3,(H,18,20). The highest BCUT2D eigenvalue weighted by Crippen LogP contribution is 2.21. The highest BCUT2D eigenvalue weighted by molar-refractivity contribution is 5.72. The van der Waals surface area contributed by atoms with Gasteiger partial charge in [0.15, 0.2) is 0 Å². The van der Waals surface area contributed by atoms with Gasteiger partial charge in [0.05, 0.1) is 19.1 Å². The summed E-state index contributed by atoms with van der Waals surface area (Å²) in [5, 5.41) is 10.9. The smallest absolute Gasteiger partial charge is 0.320 e. The van der Waals surface area contributed by atoms with Crippen LogP contribution < -0.4 is 5.32 Å². The van der Waals surface area contributed by atoms with Crippen LogP contribution >= 0.6 is 0 Å². The number of methoxy groups -OCH3 is 1. The van der Waals surface area contributed by atoms with E-state index in [1.165, 1.54) is 7.11 Å². The second-order valence-corrected chi connectivity index (χ2v) is 4.73. The maximum absolute atomic E-state index is 11.2. The molecule has 2 aromatic heterocycles. The summed E-state index contributed by atoms with van der Waals surface area (Å²) in [5.41, 5.74) is 2.39. The van der Waals surface area contributed by atoms with Gasteiger partial charge in [-0.05, 0) is 29.8 Å². The molecular weight excluding hydrogens is 296 g/mol. The number of benzene rings is 1. The lowest BCUT2D eigenvalue weighted by Gasteiger charge is -2.03. The van der Waals surface area contributed by atoms with Crippen LogP contribution in [0.4, 0.5) is 11.7 Å². The summed E-state index contributed by atoms with van der Waals surface area (Å²) < 4.78 is 10.2. The van der Waals surface area contributed by atoms with Gasteiger partial charge in [-0.25, -0.2) is 0 Å². The molecule has 0 aliphatic heterocycles. The van der Waals surface area contributed by atoms with E-state index < -0.39 is 0 Å². The number of hydrogen-bond donors (Lipinski definition) is 1. The zero-order valence-electron chi connectivity index (χ0n) is 12.4. The molecule has 23 heavy (non-hydrogen) atoms. The molecule has 0 amide bonds. The van der Waals surface area contributed by atoms with Crippen molar-refractivity contribution in [2.24, 2.45) is 0 Å². The predicted octanol–water partition coefficient (Wildman–Crippen LogP) is 2.59. The first-order chi connectivity index (χ1) is 11.2. The third-order valence-electron chi connectivity index (χ3n) is 3.11. The Morgan fingerprint density at radius 1 is 1.22 bits per heavy atom. The number of pyridine rings is 1. The highest BCUT2D eigenvalue weighted by Gasteiger charge is 2.09. The lowest BCUT2D eigenvalue weighted by Crippen LogP contribution is -2.04. The van der Waals surface area contributed by atoms with Crippen molar-refractivity contribution in [3.63, 3.8) is 0 Å². The van der Waals surface area contributed by atoms with Gasteiger partial charge in [-0.15, -0.1) is 5.10 Å². The van der Waals surface area contributed by atoms with E-state index in [0.29, 0.717) is 5.89 Å². The van der Waals surface area contributed by atoms with Gasteiger partial charge in [0.2, 0.25) is 0 Å². The summed E-state index contributed by atoms with van der Waals surface area (Å²) in [6.45, 7) is 0. The van der Waals surface area contributed by atoms with Crippen LogP contribution in [0.2, 0.25) is 0 Å². The maximum Gasteiger partial charge on any atom is 0.320 e. The van der Waals surface area contributed by atoms with Crippen molar-refractivity contribution in [3.05, 3.63) is 54.4 Å². The van der Waals surface area contributed by atoms with Crippen molar-refractivity contribution < 1.29 is 13.9 Å². The third kappa shape index (κ3) is 3.70. The molecular formula is C16H14N4O3. The Hall–Kier alpha value is -3.22. The number of carbonyl (C=O) groups excluding carboxylic acids is 1. The first-order valence-corrected chi connectivity index (χ1v) is 6.91. The summed E-state index contributed by atoms with van der Waals surface area (Å²) in [5.74, 6) is 0.117. The fourth-order valence-electron chi connectivity index (χ4n) is 1.95. The van der Waals surface area contributed by atoms with Crippen LogP contribution in [-0.2, 0) is 16.0 Å². The van der Waals surface area contributed by atoms with Gasteiger partial charge in [0.1, 0.15) is 0 Å². The predicted molar refractivity (Wildman–Crippen MR) is 83.0 cm³/mol. The van der Waals surface area contributed by atoms with E-state index in [4.69, 9.17) is 4.42 Å². The van der Waals surface area contributed by atoms with E-state index >= 15 is 0 Å². The van der Waals surface area contributed by atoms with Crippen molar-refractivity contribution in [1.29, 1.82) is 0 Å². The van der Waals surface area contributed by atoms with E-state index in [1.54, 1.807) is 18.5 Å². The summed E-state index contributed by atoms with van der Waals surface area (Å²) in [4.78, 5) is 15.2. The van der Waals surface area contributed by atoms with Gasteiger partial charge in [-0.2, -0.15) is 0 Å². The molecule has 0 radical (unpaired) electrons. The molecule has 0 aliphatic carbocycles. The van der Waals surface area contributed by atoms with Crippen LogP contribution in [-0.4, -0.2) is 28.3 Å². The van der Waals surface area contributed by atoms with E-state index in [1.807, 2.05) is 30.3 Å². The summed E-state index contributed by atoms with van der Waals surface area (Å²) in [6.07, 6.45) is 3.57. The topological polar surface area (TPSA) is 90.1 Å². The quantitative estimate of drug-likeness (QED) is 0.724. The van der Waals surface area contributed by atoms with Crippen molar-refractivity contribution in [1.82, 2.24) is 15.2 Å². The number of nitrogens with zero attached hydrogens (tertiary/aromatic N) is 3. The first kappa shape index (κ1) is 14.7. The molecule has 0 saturated carbocycles. The molecule has 1 N–H and O–H groups in total. The third-order valence-corrected chi connectivity index (χ3v) is 3.11. The SMILES string of the molecule is COC(=O)Cc1ccc(Nc2nnc(-c3cccnc3)o2)cc1. The molecule has 0 fully saturated rings. The number of ether oxygens (including phenoxy) is 1. The van der Waals surface area contributed by atoms with Gasteiger partial charge >= 0.3 is 12.0 Å². The monoisotopic (exact) mass is 310 g/mol. The average molecular weight is 310 g/mol. The molecule has 3 aromatic rings. The van der Waals surface area contributed by atoms with Crippen molar-refractivity contribution in [2.45, 2.75) is 6.42 Å². The average Bonchev–Trinajstić information content (AvgIpc) is 3.06. The Balaban J connectivity index is 1.68. The van der Waals surface area contributed by atoms with Gasteiger partial charge in [0, 0.05) is 18.1 Å². The van der Waals surface area contributed by atoms with E-state index in [9.17, 15) is 4.79 Å². The van der Waals surface area contributed by atoms with Crippen molar-refractivity contribution >= 4 is 17.7 Å². The molecule has 0 spiro atoms. The lowest BCUT2D eigenvalue weighted by atomic mass is 10.1. The number of aromatic nitrogens is 3. The molecule has 0 unspecified atom stereocenters. The Bertz CT molecular complexity index is 785. The second kappa shape index (κ2) is 6.69. The van der Waals surface area contributed by atoms with Crippen LogP contribution in [0.15, 0.2) is 53.2 Å². The van der Waals surface area contributed by atoms with E-state index in [2.05, 4.69) is 25.2 Å². The molecule has 0 atom stereocenters. The lowest BCUT2D eigenvalue weighted by molar-refractivity contribution is -0.139. The summed E-state index contributed by atoms with van der Waals surface area (Å²) in [7, 11) is 1.37. The minimum Gasteiger partial charge on any atom is -0.469 e. The fourth-order valence-corrected chi connectivity index (χ4v) is 1.95. The molecule has 0 bridgehead atoms. The minimum atomic E-state index is -0.274. The Labute approximate surface area is 132 Å². The number of anilines is 2. The molecule has 1 aromatic carbocycles. The second-order valence-electron chi connectivity index (χ2n) is 4.73. The normalized spacial score (nSPS) is 10.3. The van der Waals surface area contributed by atoms with Crippen LogP contribution in [0.25, 0.3) is 11.5 Å². The number of nitrogens with one attached hydrogen (secondary N) is 1. The first-order valence-electron chi connectivity index (χ1n) is 6.91. The van der Waals surface area contributed by atoms with Gasteiger partial charge < -0.3 is 14.5 Å². The van der Waals surface area contributed by atoms with Crippen molar-refractivity contribution in [3.8, 4) is 11.5 Å². The number of rotatable bonds is 5. The van der Waals surface area contributed by atoms with Crippen LogP contribution in [0.1, 0.15) is 5.56 Å². The number of esters is 1. The summed E-state index contributed by atoms with van der Waals surface area (Å²) in [6, 6.07) is 11.2. The Kier molecular flexibility index (Phi) is 4.28. The molecule has 7 nitrogen and oxygen atoms in total. The summed E-state index contributed by atoms with van der Waals surface area (Å²) >= 11 is 0. The highest BCUT2D eigenvalue weighted by atomic mass is 16.5. The Morgan fingerprint density at radius 2 is 2.04 bits per heavy atom. The van der Waals surface area contributed by atoms with Crippen LogP contribution in [0, 0.1) is 0 Å². The fraction of sp³-hybridized carbons (Fsp3) is 0.125. The molecule has 2 heterocycles. The molecule has 0 aliphatic rings. The minimum absolute atomic E-state index is 0.239. The molecule has 3 rings (SSSR count). The van der Waals surface area contributed by atoms with Crippen molar-refractivity contribution in [2.75, 3.05) is 12.4 Å². The number of hydrogen-bond acceptors (Lipinski definition) is 7.